The molecule has 3 amide bonds. The molecule has 3 atom stereocenters. The minimum atomic E-state index is -3.07. The molecule has 0 saturated carbocycles. The number of esters is 1. The molecular formula is C85H106N2O27Si4. The van der Waals surface area contributed by atoms with E-state index in [4.69, 9.17) is 100 Å². The first-order chi connectivity index (χ1) is 56.8. The van der Waals surface area contributed by atoms with Gasteiger partial charge in [0.1, 0.15) is 80.8 Å². The molecule has 2 aliphatic heterocycles. The highest BCUT2D eigenvalue weighted by Crippen LogP contribution is 2.59. The van der Waals surface area contributed by atoms with Gasteiger partial charge in [0.2, 0.25) is 0 Å². The molecular weight excluding hydrogens is 1590 g/mol. The summed E-state index contributed by atoms with van der Waals surface area (Å²) >= 11 is 0. The average molecular weight is 1700 g/mol. The van der Waals surface area contributed by atoms with Crippen molar-refractivity contribution in [1.82, 2.24) is 9.80 Å². The summed E-state index contributed by atoms with van der Waals surface area (Å²) in [4.78, 5) is 66.2. The van der Waals surface area contributed by atoms with E-state index in [1.807, 2.05) is 27.7 Å². The number of aliphatic hydroxyl groups is 1. The number of rotatable bonds is 47. The van der Waals surface area contributed by atoms with Crippen molar-refractivity contribution in [2.45, 2.75) is 96.9 Å². The number of imide groups is 1. The Bertz CT molecular complexity index is 4800. The first-order valence-corrected chi connectivity index (χ1v) is 46.6. The first kappa shape index (κ1) is 89.4. The van der Waals surface area contributed by atoms with Gasteiger partial charge in [0.05, 0.1) is 86.5 Å². The highest BCUT2D eigenvalue weighted by atomic mass is 28.4. The van der Waals surface area contributed by atoms with Crippen LogP contribution in [0, 0.1) is 11.8 Å². The van der Waals surface area contributed by atoms with Gasteiger partial charge in [0.15, 0.2) is 6.23 Å². The van der Waals surface area contributed by atoms with Gasteiger partial charge in [-0.15, -0.1) is 0 Å². The molecule has 0 bridgehead atoms. The van der Waals surface area contributed by atoms with Crippen LogP contribution in [-0.4, -0.2) is 211 Å². The Morgan fingerprint density at radius 1 is 0.364 bits per heavy atom. The van der Waals surface area contributed by atoms with Gasteiger partial charge in [-0.05, 0) is 146 Å². The second-order valence-corrected chi connectivity index (χ2v) is 40.9. The van der Waals surface area contributed by atoms with Gasteiger partial charge in [-0.25, -0.2) is 4.79 Å². The number of carbonyl (C=O) groups is 4. The molecule has 33 heteroatoms. The Morgan fingerprint density at radius 3 is 0.924 bits per heavy atom. The van der Waals surface area contributed by atoms with Crippen molar-refractivity contribution in [3.8, 4) is 69.0 Å². The van der Waals surface area contributed by atoms with E-state index < -0.39 is 89.1 Å². The molecule has 0 radical (unpaired) electrons. The average Bonchev–Trinajstić information content (AvgIpc) is 0.669. The molecule has 0 spiro atoms. The lowest BCUT2D eigenvalue weighted by Crippen LogP contribution is -2.53. The Balaban J connectivity index is 1.27. The summed E-state index contributed by atoms with van der Waals surface area (Å²) in [6.07, 6.45) is -0.665. The van der Waals surface area contributed by atoms with Crippen LogP contribution in [0.1, 0.15) is 97.2 Å². The van der Waals surface area contributed by atoms with Crippen LogP contribution in [0.25, 0.3) is 43.1 Å². The number of nitrogens with zero attached hydrogens (tertiary/aromatic N) is 2. The molecule has 634 valence electrons. The van der Waals surface area contributed by atoms with Crippen molar-refractivity contribution in [2.24, 2.45) is 11.8 Å². The van der Waals surface area contributed by atoms with Crippen molar-refractivity contribution in [3.05, 3.63) is 156 Å². The Hall–Kier alpha value is -9.35. The second-order valence-electron chi connectivity index (χ2n) is 28.5. The molecule has 0 saturated heterocycles. The minimum absolute atomic E-state index is 0.00802. The summed E-state index contributed by atoms with van der Waals surface area (Å²) < 4.78 is 135. The van der Waals surface area contributed by atoms with E-state index >= 15 is 14.4 Å². The number of carbonyl (C=O) groups excluding carboxylic acids is 4. The fourth-order valence-electron chi connectivity index (χ4n) is 15.0. The molecule has 0 fully saturated rings. The normalized spacial score (nSPS) is 14.4. The van der Waals surface area contributed by atoms with Crippen LogP contribution < -0.4 is 37.9 Å². The maximum atomic E-state index is 16.5. The van der Waals surface area contributed by atoms with E-state index in [1.54, 1.807) is 135 Å². The van der Waals surface area contributed by atoms with Crippen molar-refractivity contribution in [2.75, 3.05) is 125 Å². The van der Waals surface area contributed by atoms with Gasteiger partial charge in [-0.1, -0.05) is 48.1 Å². The standard InChI is InChI=1S/C85H106N2O27Si4/c1-20-38-105-54(7)79(52(3)4)86-81(88)63-48-67(111-59-30-22-55(23-31-59)106-40-44-115(93-8,94-9)95-10)73-75-69(113-61-34-26-57(27-35-61)108-42-46-117(99-14,100-15)101-16)50-65-72-66(84(91)87(83(65)90)80(53(5)6)85(92)110-39-21-2)51-70(114-62-36-28-58(29-37-62)109-43-47-118(102-17,103-18)104-19)76(78(72)75)74-68(49-64(82(86)89)71(63)77(73)74)112-60-32-24-56(25-33-60)107-41-45-116(96-11,97-12)98-13/h22-37,48-53,79-81,88H,7,20-21,38-47H2,1-6,8-19H3. The molecule has 9 aromatic carbocycles. The summed E-state index contributed by atoms with van der Waals surface area (Å²) in [5.74, 6) is -1.05. The number of benzene rings is 9. The fourth-order valence-corrected chi connectivity index (χ4v) is 20.8. The molecule has 118 heavy (non-hydrogen) atoms. The third-order valence-corrected chi connectivity index (χ3v) is 31.8. The summed E-state index contributed by atoms with van der Waals surface area (Å²) in [6.45, 7) is 16.4. The maximum absolute atomic E-state index is 16.5. The number of ether oxygens (including phenoxy) is 10. The third-order valence-electron chi connectivity index (χ3n) is 21.1. The van der Waals surface area contributed by atoms with E-state index in [2.05, 4.69) is 6.58 Å². The molecule has 9 aromatic rings. The monoisotopic (exact) mass is 1700 g/mol. The highest BCUT2D eigenvalue weighted by Gasteiger charge is 2.49. The van der Waals surface area contributed by atoms with Gasteiger partial charge in [-0.3, -0.25) is 24.2 Å². The van der Waals surface area contributed by atoms with Gasteiger partial charge in [-0.2, -0.15) is 0 Å². The number of hydrogen-bond donors (Lipinski definition) is 1. The molecule has 29 nitrogen and oxygen atoms in total. The van der Waals surface area contributed by atoms with Crippen LogP contribution in [0.2, 0.25) is 24.2 Å². The second kappa shape index (κ2) is 39.2. The molecule has 3 unspecified atom stereocenters. The predicted octanol–water partition coefficient (Wildman–Crippen LogP) is 15.9. The highest BCUT2D eigenvalue weighted by molar-refractivity contribution is 6.62. The van der Waals surface area contributed by atoms with Crippen LogP contribution in [0.4, 0.5) is 0 Å². The molecule has 2 aliphatic rings. The Morgan fingerprint density at radius 2 is 0.636 bits per heavy atom. The quantitative estimate of drug-likeness (QED) is 0.00925. The van der Waals surface area contributed by atoms with Crippen molar-refractivity contribution in [1.29, 1.82) is 0 Å². The van der Waals surface area contributed by atoms with Gasteiger partial charge in [0.25, 0.3) is 17.7 Å². The zero-order valence-corrected chi connectivity index (χ0v) is 74.1. The van der Waals surface area contributed by atoms with Crippen LogP contribution >= 0.6 is 0 Å². The van der Waals surface area contributed by atoms with E-state index in [0.29, 0.717) is 60.0 Å². The topological polar surface area (TPSA) is 298 Å². The molecule has 11 rings (SSSR count). The summed E-state index contributed by atoms with van der Waals surface area (Å²) in [7, 11) is 6.04. The van der Waals surface area contributed by atoms with Gasteiger partial charge in [0, 0.05) is 134 Å². The number of aliphatic hydroxyl groups excluding tert-OH is 1. The zero-order chi connectivity index (χ0) is 85.0. The van der Waals surface area contributed by atoms with Crippen LogP contribution in [0.3, 0.4) is 0 Å². The smallest absolute Gasteiger partial charge is 0.496 e. The largest absolute Gasteiger partial charge is 0.503 e. The number of amides is 3. The number of fused-ring (bicyclic) bond motifs is 2. The van der Waals surface area contributed by atoms with Crippen LogP contribution in [0.15, 0.2) is 134 Å². The molecule has 1 N–H and O–H groups in total. The lowest BCUT2D eigenvalue weighted by Gasteiger charge is -2.42. The van der Waals surface area contributed by atoms with E-state index in [0.717, 1.165) is 4.90 Å². The number of hydrogen-bond acceptors (Lipinski definition) is 27. The van der Waals surface area contributed by atoms with Gasteiger partial charge < -0.3 is 106 Å². The molecule has 0 aromatic heterocycles. The molecule has 2 heterocycles. The van der Waals surface area contributed by atoms with Crippen molar-refractivity contribution >= 4 is 102 Å². The lowest BCUT2D eigenvalue weighted by atomic mass is 9.80. The maximum Gasteiger partial charge on any atom is 0.503 e. The van der Waals surface area contributed by atoms with Gasteiger partial charge >= 0.3 is 41.2 Å². The van der Waals surface area contributed by atoms with Crippen molar-refractivity contribution < 1.29 is 125 Å². The van der Waals surface area contributed by atoms with Crippen molar-refractivity contribution in [3.63, 3.8) is 0 Å². The van der Waals surface area contributed by atoms with E-state index in [9.17, 15) is 9.90 Å². The SMILES string of the molecule is C=C(OCCC)C(C(C)C)N1C(=O)c2cc(Oc3ccc(OCC[Si](OC)(OC)OC)cc3)c3c4c(Oc5ccc(OCC[Si](OC)(OC)OC)cc5)cc5c6c(cc(Oc7ccc(OCC[Si](OC)(OC)OC)cc7)c(c7c(Oc8ccc(OCC[Si](OC)(OC)OC)cc8)cc(c2c37)C1O)c64)C(=O)N(C(C(=O)OCCC)C(C)C)C5=O. The summed E-state index contributed by atoms with van der Waals surface area (Å²) in [5.41, 5.74) is 0.163. The predicted molar refractivity (Wildman–Crippen MR) is 448 cm³/mol. The fraction of sp³-hybridized carbons (Fsp3) is 0.412. The Labute approximate surface area is 691 Å². The summed E-state index contributed by atoms with van der Waals surface area (Å²) in [5, 5.41) is 15.4. The van der Waals surface area contributed by atoms with E-state index in [1.165, 1.54) is 90.2 Å². The van der Waals surface area contributed by atoms with E-state index in [-0.39, 0.29) is 157 Å². The minimum Gasteiger partial charge on any atom is -0.496 e. The first-order valence-electron chi connectivity index (χ1n) is 38.8. The lowest BCUT2D eigenvalue weighted by molar-refractivity contribution is -0.150. The third kappa shape index (κ3) is 18.4. The Kier molecular flexibility index (Phi) is 29.7. The summed E-state index contributed by atoms with van der Waals surface area (Å²) in [6, 6.07) is 32.5. The van der Waals surface area contributed by atoms with Crippen LogP contribution in [0.5, 0.6) is 69.0 Å². The zero-order valence-electron chi connectivity index (χ0n) is 70.1. The van der Waals surface area contributed by atoms with Crippen LogP contribution in [-0.2, 0) is 67.4 Å². The molecule has 0 aliphatic carbocycles.